The Morgan fingerprint density at radius 3 is 2.31 bits per heavy atom. The number of carbonyl (C=O) groups is 2. The summed E-state index contributed by atoms with van der Waals surface area (Å²) in [7, 11) is 1.51. The molecule has 2 rings (SSSR count). The first-order valence-electron chi connectivity index (χ1n) is 8.42. The van der Waals surface area contributed by atoms with E-state index in [4.69, 9.17) is 26.4 Å². The van der Waals surface area contributed by atoms with E-state index in [1.807, 2.05) is 19.1 Å². The number of methoxy groups -OCH3 is 1. The monoisotopic (exact) mass is 481 g/mol. The predicted molar refractivity (Wildman–Crippen MR) is 115 cm³/mol. The fourth-order valence-corrected chi connectivity index (χ4v) is 2.80. The molecule has 0 bridgehead atoms. The summed E-state index contributed by atoms with van der Waals surface area (Å²) < 4.78 is 16.9. The van der Waals surface area contributed by atoms with Crippen LogP contribution in [0, 0.1) is 6.92 Å². The van der Waals surface area contributed by atoms with Crippen LogP contribution in [-0.2, 0) is 9.59 Å². The van der Waals surface area contributed by atoms with Crippen LogP contribution in [0.2, 0.25) is 0 Å². The summed E-state index contributed by atoms with van der Waals surface area (Å²) in [5.41, 5.74) is 5.63. The van der Waals surface area contributed by atoms with Gasteiger partial charge in [0, 0.05) is 4.47 Å². The van der Waals surface area contributed by atoms with Crippen LogP contribution in [-0.4, -0.2) is 37.3 Å². The molecular weight excluding hydrogens is 462 g/mol. The van der Waals surface area contributed by atoms with E-state index in [-0.39, 0.29) is 18.3 Å². The van der Waals surface area contributed by atoms with Crippen molar-refractivity contribution in [3.63, 3.8) is 0 Å². The Morgan fingerprint density at radius 2 is 1.62 bits per heavy atom. The van der Waals surface area contributed by atoms with E-state index < -0.39 is 11.8 Å². The number of aryl methyl sites for hydroxylation is 1. The lowest BCUT2D eigenvalue weighted by atomic mass is 10.2. The van der Waals surface area contributed by atoms with Gasteiger partial charge in [-0.05, 0) is 55.0 Å². The maximum absolute atomic E-state index is 11.9. The minimum absolute atomic E-state index is 0.0724. The third kappa shape index (κ3) is 7.59. The van der Waals surface area contributed by atoms with Crippen molar-refractivity contribution in [2.75, 3.05) is 20.3 Å². The van der Waals surface area contributed by atoms with Crippen molar-refractivity contribution in [1.29, 1.82) is 0 Å². The Kier molecular flexibility index (Phi) is 8.68. The summed E-state index contributed by atoms with van der Waals surface area (Å²) in [6.07, 6.45) is 0. The van der Waals surface area contributed by atoms with E-state index in [1.165, 1.54) is 7.11 Å². The second-order valence-corrected chi connectivity index (χ2v) is 7.01. The van der Waals surface area contributed by atoms with Crippen LogP contribution in [0.4, 0.5) is 0 Å². The van der Waals surface area contributed by atoms with Gasteiger partial charge >= 0.3 is 0 Å². The van der Waals surface area contributed by atoms with E-state index in [9.17, 15) is 9.59 Å². The molecule has 2 aromatic carbocycles. The molecule has 2 amide bonds. The van der Waals surface area contributed by atoms with Crippen molar-refractivity contribution in [2.24, 2.45) is 0 Å². The molecule has 154 valence electrons. The van der Waals surface area contributed by atoms with Gasteiger partial charge < -0.3 is 14.2 Å². The number of nitrogens with one attached hydrogen (secondary N) is 3. The zero-order valence-electron chi connectivity index (χ0n) is 15.8. The average Bonchev–Trinajstić information content (AvgIpc) is 2.70. The van der Waals surface area contributed by atoms with E-state index in [1.54, 1.807) is 30.3 Å². The summed E-state index contributed by atoms with van der Waals surface area (Å²) in [5, 5.41) is 2.33. The molecule has 0 aliphatic carbocycles. The average molecular weight is 482 g/mol. The van der Waals surface area contributed by atoms with Crippen molar-refractivity contribution in [3.05, 3.63) is 52.5 Å². The first kappa shape index (κ1) is 22.4. The lowest BCUT2D eigenvalue weighted by molar-refractivity contribution is -0.124. The highest BCUT2D eigenvalue weighted by Gasteiger charge is 2.10. The van der Waals surface area contributed by atoms with E-state index in [2.05, 4.69) is 32.1 Å². The Morgan fingerprint density at radius 1 is 0.966 bits per heavy atom. The van der Waals surface area contributed by atoms with Gasteiger partial charge in [-0.3, -0.25) is 25.8 Å². The summed E-state index contributed by atoms with van der Waals surface area (Å²) in [4.78, 5) is 23.7. The molecule has 0 saturated heterocycles. The Labute approximate surface area is 182 Å². The van der Waals surface area contributed by atoms with Gasteiger partial charge in [-0.15, -0.1) is 0 Å². The van der Waals surface area contributed by atoms with Gasteiger partial charge in [0.1, 0.15) is 5.75 Å². The number of halogens is 1. The molecule has 0 aliphatic rings. The molecular formula is C19H20BrN3O5S. The highest BCUT2D eigenvalue weighted by atomic mass is 79.9. The lowest BCUT2D eigenvalue weighted by Crippen LogP contribution is -2.50. The molecule has 0 saturated carbocycles. The standard InChI is InChI=1S/C19H20BrN3O5S/c1-12-9-13(20)7-8-14(12)27-10-17(24)21-19(29)23-22-18(25)11-28-16-6-4-3-5-15(16)26-2/h3-9H,10-11H2,1-2H3,(H,22,25)(H2,21,23,24,29). The normalized spacial score (nSPS) is 9.90. The molecule has 2 aromatic rings. The Bertz CT molecular complexity index is 894. The Balaban J connectivity index is 1.69. The van der Waals surface area contributed by atoms with E-state index >= 15 is 0 Å². The zero-order chi connectivity index (χ0) is 21.2. The summed E-state index contributed by atoms with van der Waals surface area (Å²) in [5.74, 6) is 0.570. The summed E-state index contributed by atoms with van der Waals surface area (Å²) in [6, 6.07) is 12.4. The molecule has 8 nitrogen and oxygen atoms in total. The van der Waals surface area contributed by atoms with Crippen LogP contribution < -0.4 is 30.4 Å². The van der Waals surface area contributed by atoms with Crippen molar-refractivity contribution >= 4 is 45.1 Å². The molecule has 0 fully saturated rings. The molecule has 3 N–H and O–H groups in total. The molecule has 0 aliphatic heterocycles. The van der Waals surface area contributed by atoms with Crippen LogP contribution >= 0.6 is 28.1 Å². The van der Waals surface area contributed by atoms with Crippen molar-refractivity contribution in [3.8, 4) is 17.2 Å². The number of ether oxygens (including phenoxy) is 3. The number of hydrogen-bond acceptors (Lipinski definition) is 6. The predicted octanol–water partition coefficient (Wildman–Crippen LogP) is 2.25. The van der Waals surface area contributed by atoms with Gasteiger partial charge in [0.25, 0.3) is 11.8 Å². The smallest absolute Gasteiger partial charge is 0.276 e. The van der Waals surface area contributed by atoms with Crippen LogP contribution in [0.15, 0.2) is 46.9 Å². The number of hydrazine groups is 1. The topological polar surface area (TPSA) is 97.9 Å². The molecule has 0 atom stereocenters. The SMILES string of the molecule is COc1ccccc1OCC(=O)NNC(=S)NC(=O)COc1ccc(Br)cc1C. The summed E-state index contributed by atoms with van der Waals surface area (Å²) in [6.45, 7) is 1.37. The van der Waals surface area contributed by atoms with Crippen molar-refractivity contribution in [2.45, 2.75) is 6.92 Å². The van der Waals surface area contributed by atoms with Crippen molar-refractivity contribution < 1.29 is 23.8 Å². The molecule has 0 heterocycles. The zero-order valence-corrected chi connectivity index (χ0v) is 18.2. The van der Waals surface area contributed by atoms with Gasteiger partial charge in [-0.1, -0.05) is 28.1 Å². The van der Waals surface area contributed by atoms with Crippen LogP contribution in [0.25, 0.3) is 0 Å². The van der Waals surface area contributed by atoms with Crippen LogP contribution in [0.3, 0.4) is 0 Å². The minimum atomic E-state index is -0.491. The maximum atomic E-state index is 11.9. The van der Waals surface area contributed by atoms with Crippen LogP contribution in [0.5, 0.6) is 17.2 Å². The van der Waals surface area contributed by atoms with Gasteiger partial charge in [-0.2, -0.15) is 0 Å². The number of rotatable bonds is 7. The minimum Gasteiger partial charge on any atom is -0.493 e. The van der Waals surface area contributed by atoms with E-state index in [0.29, 0.717) is 17.2 Å². The van der Waals surface area contributed by atoms with Gasteiger partial charge in [-0.25, -0.2) is 0 Å². The van der Waals surface area contributed by atoms with Gasteiger partial charge in [0.15, 0.2) is 29.8 Å². The van der Waals surface area contributed by atoms with Gasteiger partial charge in [0.2, 0.25) is 0 Å². The first-order valence-corrected chi connectivity index (χ1v) is 9.62. The van der Waals surface area contributed by atoms with E-state index in [0.717, 1.165) is 10.0 Å². The number of benzene rings is 2. The number of hydrogen-bond donors (Lipinski definition) is 3. The second-order valence-electron chi connectivity index (χ2n) is 5.69. The number of para-hydroxylation sites is 2. The largest absolute Gasteiger partial charge is 0.493 e. The maximum Gasteiger partial charge on any atom is 0.276 e. The summed E-state index contributed by atoms with van der Waals surface area (Å²) >= 11 is 8.32. The highest BCUT2D eigenvalue weighted by molar-refractivity contribution is 9.10. The fourth-order valence-electron chi connectivity index (χ4n) is 2.16. The third-order valence-corrected chi connectivity index (χ3v) is 4.19. The second kappa shape index (κ2) is 11.2. The molecule has 10 heteroatoms. The van der Waals surface area contributed by atoms with Crippen LogP contribution in [0.1, 0.15) is 5.56 Å². The molecule has 0 spiro atoms. The Hall–Kier alpha value is -2.85. The molecule has 0 aromatic heterocycles. The molecule has 0 unspecified atom stereocenters. The quantitative estimate of drug-likeness (QED) is 0.412. The van der Waals surface area contributed by atoms with Crippen molar-refractivity contribution in [1.82, 2.24) is 16.2 Å². The molecule has 0 radical (unpaired) electrons. The fraction of sp³-hybridized carbons (Fsp3) is 0.211. The number of thiocarbonyl (C=S) groups is 1. The lowest BCUT2D eigenvalue weighted by Gasteiger charge is -2.13. The number of carbonyl (C=O) groups excluding carboxylic acids is 2. The highest BCUT2D eigenvalue weighted by Crippen LogP contribution is 2.25. The van der Waals surface area contributed by atoms with Gasteiger partial charge in [0.05, 0.1) is 7.11 Å². The molecule has 29 heavy (non-hydrogen) atoms. The number of amides is 2. The first-order chi connectivity index (χ1) is 13.9. The third-order valence-electron chi connectivity index (χ3n) is 3.49.